The minimum atomic E-state index is 0.118. The van der Waals surface area contributed by atoms with Crippen molar-refractivity contribution in [2.75, 3.05) is 7.11 Å². The molecule has 0 unspecified atom stereocenters. The monoisotopic (exact) mass is 296 g/mol. The number of rotatable bonds is 5. The van der Waals surface area contributed by atoms with E-state index in [9.17, 15) is 0 Å². The first-order valence-electron chi connectivity index (χ1n) is 6.70. The summed E-state index contributed by atoms with van der Waals surface area (Å²) in [6.07, 6.45) is 1.50. The predicted molar refractivity (Wildman–Crippen MR) is 80.1 cm³/mol. The number of alkyl halides is 1. The smallest absolute Gasteiger partial charge is 0.245 e. The molecule has 0 amide bonds. The lowest BCUT2D eigenvalue weighted by Crippen LogP contribution is -2.26. The summed E-state index contributed by atoms with van der Waals surface area (Å²) in [4.78, 5) is 13.0. The topological polar surface area (TPSA) is 52.8 Å². The average molecular weight is 297 g/mol. The van der Waals surface area contributed by atoms with Gasteiger partial charge in [-0.05, 0) is 11.3 Å². The van der Waals surface area contributed by atoms with E-state index in [-0.39, 0.29) is 5.41 Å². The second-order valence-electron chi connectivity index (χ2n) is 5.95. The molecule has 0 saturated carbocycles. The van der Waals surface area contributed by atoms with Crippen LogP contribution in [0.4, 0.5) is 0 Å². The van der Waals surface area contributed by atoms with Crippen molar-refractivity contribution in [2.45, 2.75) is 40.1 Å². The van der Waals surface area contributed by atoms with Crippen molar-refractivity contribution in [3.05, 3.63) is 12.2 Å². The molecule has 0 aromatic carbocycles. The molecule has 2 aromatic rings. The van der Waals surface area contributed by atoms with Crippen molar-refractivity contribution in [2.24, 2.45) is 11.3 Å². The van der Waals surface area contributed by atoms with Crippen LogP contribution in [0.15, 0.2) is 6.33 Å². The normalized spacial score (nSPS) is 12.3. The third-order valence-electron chi connectivity index (χ3n) is 4.02. The molecular formula is C14H21ClN4O. The van der Waals surface area contributed by atoms with Gasteiger partial charge >= 0.3 is 0 Å². The number of halogens is 1. The molecule has 0 spiro atoms. The molecule has 2 heterocycles. The highest BCUT2D eigenvalue weighted by Gasteiger charge is 2.26. The van der Waals surface area contributed by atoms with Gasteiger partial charge in [0.15, 0.2) is 11.2 Å². The first-order valence-corrected chi connectivity index (χ1v) is 7.24. The van der Waals surface area contributed by atoms with Gasteiger partial charge in [0.25, 0.3) is 0 Å². The second-order valence-corrected chi connectivity index (χ2v) is 6.21. The number of methoxy groups -OCH3 is 1. The van der Waals surface area contributed by atoms with Crippen LogP contribution in [0.25, 0.3) is 11.2 Å². The maximum atomic E-state index is 6.04. The van der Waals surface area contributed by atoms with E-state index in [4.69, 9.17) is 16.3 Å². The van der Waals surface area contributed by atoms with Crippen molar-refractivity contribution >= 4 is 22.8 Å². The number of hydrogen-bond acceptors (Lipinski definition) is 4. The molecule has 0 saturated heterocycles. The molecule has 0 N–H and O–H groups in total. The van der Waals surface area contributed by atoms with Gasteiger partial charge in [-0.2, -0.15) is 4.98 Å². The third-order valence-corrected chi connectivity index (χ3v) is 4.26. The van der Waals surface area contributed by atoms with Crippen molar-refractivity contribution in [3.63, 3.8) is 0 Å². The molecule has 0 fully saturated rings. The minimum absolute atomic E-state index is 0.118. The molecule has 110 valence electrons. The molecule has 20 heavy (non-hydrogen) atoms. The van der Waals surface area contributed by atoms with E-state index in [0.717, 1.165) is 18.0 Å². The lowest BCUT2D eigenvalue weighted by atomic mass is 9.81. The van der Waals surface area contributed by atoms with Gasteiger partial charge in [0, 0.05) is 6.54 Å². The summed E-state index contributed by atoms with van der Waals surface area (Å²) < 4.78 is 7.32. The van der Waals surface area contributed by atoms with Gasteiger partial charge in [-0.1, -0.05) is 27.7 Å². The van der Waals surface area contributed by atoms with Crippen molar-refractivity contribution in [3.8, 4) is 5.88 Å². The van der Waals surface area contributed by atoms with E-state index >= 15 is 0 Å². The number of hydrogen-bond donors (Lipinski definition) is 0. The summed E-state index contributed by atoms with van der Waals surface area (Å²) in [5.41, 5.74) is 1.57. The Labute approximate surface area is 124 Å². The van der Waals surface area contributed by atoms with E-state index in [1.807, 2.05) is 0 Å². The Morgan fingerprint density at radius 3 is 2.60 bits per heavy atom. The number of nitrogens with zero attached hydrogens (tertiary/aromatic N) is 4. The van der Waals surface area contributed by atoms with Crippen molar-refractivity contribution in [1.29, 1.82) is 0 Å². The van der Waals surface area contributed by atoms with Gasteiger partial charge in [0.05, 0.1) is 13.0 Å². The number of aromatic nitrogens is 4. The van der Waals surface area contributed by atoms with Crippen LogP contribution in [0.2, 0.25) is 0 Å². The molecule has 0 aliphatic carbocycles. The minimum Gasteiger partial charge on any atom is -0.479 e. The van der Waals surface area contributed by atoms with E-state index < -0.39 is 0 Å². The Bertz CT molecular complexity index is 606. The zero-order chi connectivity index (χ0) is 14.9. The van der Waals surface area contributed by atoms with E-state index in [2.05, 4.69) is 47.2 Å². The maximum Gasteiger partial charge on any atom is 0.245 e. The summed E-state index contributed by atoms with van der Waals surface area (Å²) in [6, 6.07) is 0. The van der Waals surface area contributed by atoms with Crippen LogP contribution in [0, 0.1) is 11.3 Å². The molecule has 0 bridgehead atoms. The fourth-order valence-corrected chi connectivity index (χ4v) is 2.17. The number of imidazole rings is 1. The second kappa shape index (κ2) is 5.56. The lowest BCUT2D eigenvalue weighted by molar-refractivity contribution is 0.210. The van der Waals surface area contributed by atoms with Crippen molar-refractivity contribution < 1.29 is 4.74 Å². The van der Waals surface area contributed by atoms with Crippen LogP contribution < -0.4 is 4.74 Å². The van der Waals surface area contributed by atoms with Gasteiger partial charge in [-0.15, -0.1) is 11.6 Å². The summed E-state index contributed by atoms with van der Waals surface area (Å²) in [6.45, 7) is 9.72. The molecule has 6 heteroatoms. The summed E-state index contributed by atoms with van der Waals surface area (Å²) in [5.74, 6) is 2.16. The van der Waals surface area contributed by atoms with Gasteiger partial charge in [-0.3, -0.25) is 0 Å². The third kappa shape index (κ3) is 2.59. The average Bonchev–Trinajstić information content (AvgIpc) is 2.76. The Morgan fingerprint density at radius 1 is 1.35 bits per heavy atom. The molecule has 2 rings (SSSR count). The molecule has 0 aliphatic heterocycles. The van der Waals surface area contributed by atoms with Crippen LogP contribution in [0.1, 0.15) is 33.5 Å². The van der Waals surface area contributed by atoms with Gasteiger partial charge in [0.1, 0.15) is 12.2 Å². The first-order chi connectivity index (χ1) is 9.40. The Balaban J connectivity index is 2.57. The standard InChI is InChI=1S/C14H21ClN4O/c1-9(2)14(3,4)7-19-10(6-15)18-11-12(19)16-8-17-13(11)20-5/h8-9H,6-7H2,1-5H3. The first kappa shape index (κ1) is 15.0. The highest BCUT2D eigenvalue weighted by Crippen LogP contribution is 2.31. The highest BCUT2D eigenvalue weighted by atomic mass is 35.5. The molecule has 0 aliphatic rings. The number of fused-ring (bicyclic) bond motifs is 1. The molecule has 5 nitrogen and oxygen atoms in total. The summed E-state index contributed by atoms with van der Waals surface area (Å²) in [5, 5.41) is 0. The van der Waals surface area contributed by atoms with Crippen molar-refractivity contribution in [1.82, 2.24) is 19.5 Å². The molecule has 0 radical (unpaired) electrons. The van der Waals surface area contributed by atoms with Crippen LogP contribution in [-0.2, 0) is 12.4 Å². The quantitative estimate of drug-likeness (QED) is 0.795. The predicted octanol–water partition coefficient (Wildman–Crippen LogP) is 3.26. The van der Waals surface area contributed by atoms with Gasteiger partial charge in [0.2, 0.25) is 5.88 Å². The fraction of sp³-hybridized carbons (Fsp3) is 0.643. The fourth-order valence-electron chi connectivity index (χ4n) is 1.97. The Kier molecular flexibility index (Phi) is 4.18. The summed E-state index contributed by atoms with van der Waals surface area (Å²) in [7, 11) is 1.58. The van der Waals surface area contributed by atoms with Crippen LogP contribution >= 0.6 is 11.6 Å². The van der Waals surface area contributed by atoms with E-state index in [0.29, 0.717) is 23.2 Å². The lowest BCUT2D eigenvalue weighted by Gasteiger charge is -2.30. The van der Waals surface area contributed by atoms with E-state index in [1.165, 1.54) is 6.33 Å². The van der Waals surface area contributed by atoms with Gasteiger partial charge < -0.3 is 9.30 Å². The zero-order valence-corrected chi connectivity index (χ0v) is 13.4. The Hall–Kier alpha value is -1.36. The van der Waals surface area contributed by atoms with Crippen LogP contribution in [0.5, 0.6) is 5.88 Å². The molecular weight excluding hydrogens is 276 g/mol. The summed E-state index contributed by atoms with van der Waals surface area (Å²) >= 11 is 6.04. The zero-order valence-electron chi connectivity index (χ0n) is 12.6. The molecule has 2 aromatic heterocycles. The SMILES string of the molecule is COc1ncnc2c1nc(CCl)n2CC(C)(C)C(C)C. The van der Waals surface area contributed by atoms with E-state index in [1.54, 1.807) is 7.11 Å². The maximum absolute atomic E-state index is 6.04. The highest BCUT2D eigenvalue weighted by molar-refractivity contribution is 6.16. The largest absolute Gasteiger partial charge is 0.479 e. The van der Waals surface area contributed by atoms with Crippen LogP contribution in [-0.4, -0.2) is 26.6 Å². The van der Waals surface area contributed by atoms with Gasteiger partial charge in [-0.25, -0.2) is 9.97 Å². The van der Waals surface area contributed by atoms with Crippen LogP contribution in [0.3, 0.4) is 0 Å². The number of ether oxygens (including phenoxy) is 1. The molecule has 0 atom stereocenters. The Morgan fingerprint density at radius 2 is 2.05 bits per heavy atom.